The highest BCUT2D eigenvalue weighted by molar-refractivity contribution is 5.72. The third-order valence-corrected chi connectivity index (χ3v) is 6.37. The van der Waals surface area contributed by atoms with Gasteiger partial charge in [-0.3, -0.25) is 14.5 Å². The highest BCUT2D eigenvalue weighted by Crippen LogP contribution is 2.35. The van der Waals surface area contributed by atoms with Crippen molar-refractivity contribution in [3.8, 4) is 5.75 Å². The molecule has 1 saturated heterocycles. The van der Waals surface area contributed by atoms with Crippen LogP contribution < -0.4 is 5.56 Å². The number of carbonyl (C=O) groups excluding carboxylic acids is 1. The van der Waals surface area contributed by atoms with E-state index in [1.54, 1.807) is 55.0 Å². The fourth-order valence-corrected chi connectivity index (χ4v) is 4.67. The van der Waals surface area contributed by atoms with Gasteiger partial charge in [-0.15, -0.1) is 0 Å². The van der Waals surface area contributed by atoms with E-state index in [9.17, 15) is 19.1 Å². The molecular weight excluding hydrogens is 439 g/mol. The Labute approximate surface area is 197 Å². The monoisotopic (exact) mass is 468 g/mol. The second kappa shape index (κ2) is 10.3. The molecule has 8 heteroatoms. The number of rotatable bonds is 7. The summed E-state index contributed by atoms with van der Waals surface area (Å²) in [7, 11) is 0. The summed E-state index contributed by atoms with van der Waals surface area (Å²) in [6.45, 7) is 5.06. The van der Waals surface area contributed by atoms with Crippen LogP contribution in [0.3, 0.4) is 0 Å². The van der Waals surface area contributed by atoms with Crippen molar-refractivity contribution in [3.05, 3.63) is 87.5 Å². The molecule has 1 N–H and O–H groups in total. The smallest absolute Gasteiger partial charge is 0.309 e. The van der Waals surface area contributed by atoms with E-state index in [1.807, 2.05) is 4.90 Å². The number of carbonyl (C=O) groups is 1. The van der Waals surface area contributed by atoms with E-state index in [-0.39, 0.29) is 35.3 Å². The topological polar surface area (TPSA) is 84.9 Å². The van der Waals surface area contributed by atoms with Crippen LogP contribution in [0, 0.1) is 18.7 Å². The number of furan rings is 1. The number of aryl methyl sites for hydroxylation is 1. The SMILES string of the molecule is CCOC(=O)C1CCN([C@H](c2cccc(F)c2)c2c(O)cc(C)n(Cc3ccco3)c2=O)CC1. The van der Waals surface area contributed by atoms with Crippen molar-refractivity contribution in [1.82, 2.24) is 9.47 Å². The van der Waals surface area contributed by atoms with Gasteiger partial charge in [0.25, 0.3) is 5.56 Å². The van der Waals surface area contributed by atoms with Gasteiger partial charge in [0.1, 0.15) is 17.3 Å². The summed E-state index contributed by atoms with van der Waals surface area (Å²) >= 11 is 0. The van der Waals surface area contributed by atoms with Crippen LogP contribution in [-0.2, 0) is 16.1 Å². The van der Waals surface area contributed by atoms with Gasteiger partial charge in [-0.1, -0.05) is 12.1 Å². The summed E-state index contributed by atoms with van der Waals surface area (Å²) in [4.78, 5) is 27.9. The van der Waals surface area contributed by atoms with E-state index in [0.29, 0.717) is 49.6 Å². The Kier molecular flexibility index (Phi) is 7.17. The van der Waals surface area contributed by atoms with E-state index < -0.39 is 11.9 Å². The first-order valence-corrected chi connectivity index (χ1v) is 11.5. The second-order valence-electron chi connectivity index (χ2n) is 8.58. The fraction of sp³-hybridized carbons (Fsp3) is 0.385. The van der Waals surface area contributed by atoms with Gasteiger partial charge in [-0.25, -0.2) is 4.39 Å². The van der Waals surface area contributed by atoms with Crippen molar-refractivity contribution in [3.63, 3.8) is 0 Å². The van der Waals surface area contributed by atoms with E-state index in [0.717, 1.165) is 0 Å². The lowest BCUT2D eigenvalue weighted by Gasteiger charge is -2.37. The number of nitrogens with zero attached hydrogens (tertiary/aromatic N) is 2. The molecule has 1 aliphatic rings. The maximum atomic E-state index is 14.2. The first kappa shape index (κ1) is 23.8. The maximum absolute atomic E-state index is 14.2. The van der Waals surface area contributed by atoms with Gasteiger partial charge >= 0.3 is 5.97 Å². The Bertz CT molecular complexity index is 1200. The summed E-state index contributed by atoms with van der Waals surface area (Å²) in [5, 5.41) is 10.9. The van der Waals surface area contributed by atoms with Crippen LogP contribution in [0.25, 0.3) is 0 Å². The van der Waals surface area contributed by atoms with E-state index >= 15 is 0 Å². The number of aromatic hydroxyl groups is 1. The van der Waals surface area contributed by atoms with Crippen LogP contribution in [0.4, 0.5) is 4.39 Å². The van der Waals surface area contributed by atoms with Crippen LogP contribution in [0.15, 0.2) is 57.9 Å². The highest BCUT2D eigenvalue weighted by Gasteiger charge is 2.34. The Morgan fingerprint density at radius 2 is 2.00 bits per heavy atom. The molecule has 0 amide bonds. The number of likely N-dealkylation sites (tertiary alicyclic amines) is 1. The van der Waals surface area contributed by atoms with Crippen molar-refractivity contribution < 1.29 is 23.4 Å². The summed E-state index contributed by atoms with van der Waals surface area (Å²) < 4.78 is 26.4. The predicted molar refractivity (Wildman–Crippen MR) is 124 cm³/mol. The molecule has 2 aromatic heterocycles. The lowest BCUT2D eigenvalue weighted by atomic mass is 9.91. The van der Waals surface area contributed by atoms with Crippen LogP contribution >= 0.6 is 0 Å². The van der Waals surface area contributed by atoms with Crippen LogP contribution in [-0.4, -0.2) is 40.2 Å². The zero-order valence-electron chi connectivity index (χ0n) is 19.4. The summed E-state index contributed by atoms with van der Waals surface area (Å²) in [6, 6.07) is 10.5. The molecule has 0 saturated carbocycles. The fourth-order valence-electron chi connectivity index (χ4n) is 4.67. The molecule has 3 heterocycles. The third kappa shape index (κ3) is 4.92. The molecule has 34 heavy (non-hydrogen) atoms. The van der Waals surface area contributed by atoms with Gasteiger partial charge in [-0.2, -0.15) is 0 Å². The van der Waals surface area contributed by atoms with Crippen LogP contribution in [0.2, 0.25) is 0 Å². The molecule has 0 aliphatic carbocycles. The average molecular weight is 469 g/mol. The Morgan fingerprint density at radius 3 is 2.65 bits per heavy atom. The van der Waals surface area contributed by atoms with Gasteiger partial charge in [0.05, 0.1) is 36.9 Å². The molecule has 180 valence electrons. The average Bonchev–Trinajstić information content (AvgIpc) is 3.33. The molecule has 0 radical (unpaired) electrons. The molecule has 0 unspecified atom stereocenters. The quantitative estimate of drug-likeness (QED) is 0.528. The minimum absolute atomic E-state index is 0.139. The third-order valence-electron chi connectivity index (χ3n) is 6.37. The van der Waals surface area contributed by atoms with Gasteiger partial charge in [0.15, 0.2) is 0 Å². The lowest BCUT2D eigenvalue weighted by Crippen LogP contribution is -2.42. The molecule has 1 atom stereocenters. The zero-order valence-corrected chi connectivity index (χ0v) is 19.4. The minimum Gasteiger partial charge on any atom is -0.507 e. The summed E-state index contributed by atoms with van der Waals surface area (Å²) in [6.07, 6.45) is 2.65. The van der Waals surface area contributed by atoms with Crippen molar-refractivity contribution in [2.45, 2.75) is 39.3 Å². The number of pyridine rings is 1. The Balaban J connectivity index is 1.75. The van der Waals surface area contributed by atoms with Crippen LogP contribution in [0.1, 0.15) is 48.4 Å². The molecule has 4 rings (SSSR count). The standard InChI is InChI=1S/C26H29FN2O5/c1-3-33-26(32)18-9-11-28(12-10-18)24(19-6-4-7-20(27)15-19)23-22(30)14-17(2)29(25(23)31)16-21-8-5-13-34-21/h4-8,13-15,18,24,30H,3,9-12,16H2,1-2H3/t24-/m1/s1. The number of ether oxygens (including phenoxy) is 1. The van der Waals surface area contributed by atoms with Gasteiger partial charge in [-0.05, 0) is 75.7 Å². The number of aromatic nitrogens is 1. The molecule has 3 aromatic rings. The Morgan fingerprint density at radius 1 is 1.24 bits per heavy atom. The molecule has 0 bridgehead atoms. The predicted octanol–water partition coefficient (Wildman–Crippen LogP) is 4.01. The molecule has 1 aromatic carbocycles. The van der Waals surface area contributed by atoms with E-state index in [1.165, 1.54) is 12.1 Å². The number of piperidine rings is 1. The molecule has 1 aliphatic heterocycles. The molecule has 1 fully saturated rings. The second-order valence-corrected chi connectivity index (χ2v) is 8.58. The molecule has 0 spiro atoms. The number of esters is 1. The largest absolute Gasteiger partial charge is 0.507 e. The van der Waals surface area contributed by atoms with Gasteiger partial charge < -0.3 is 18.8 Å². The lowest BCUT2D eigenvalue weighted by molar-refractivity contribution is -0.149. The van der Waals surface area contributed by atoms with Crippen molar-refractivity contribution in [2.75, 3.05) is 19.7 Å². The number of hydrogen-bond donors (Lipinski definition) is 1. The van der Waals surface area contributed by atoms with Crippen molar-refractivity contribution in [2.24, 2.45) is 5.92 Å². The van der Waals surface area contributed by atoms with E-state index in [4.69, 9.17) is 9.15 Å². The van der Waals surface area contributed by atoms with Crippen LogP contribution in [0.5, 0.6) is 5.75 Å². The number of halogens is 1. The Hall–Kier alpha value is -3.39. The van der Waals surface area contributed by atoms with Gasteiger partial charge in [0.2, 0.25) is 0 Å². The zero-order chi connectivity index (χ0) is 24.2. The number of hydrogen-bond acceptors (Lipinski definition) is 6. The summed E-state index contributed by atoms with van der Waals surface area (Å²) in [5.74, 6) is -0.388. The van der Waals surface area contributed by atoms with Crippen molar-refractivity contribution in [1.29, 1.82) is 0 Å². The first-order chi connectivity index (χ1) is 16.4. The molecule has 7 nitrogen and oxygen atoms in total. The number of benzene rings is 1. The maximum Gasteiger partial charge on any atom is 0.309 e. The summed E-state index contributed by atoms with van der Waals surface area (Å²) in [5.41, 5.74) is 0.963. The normalized spacial score (nSPS) is 15.9. The van der Waals surface area contributed by atoms with E-state index in [2.05, 4.69) is 0 Å². The van der Waals surface area contributed by atoms with Gasteiger partial charge in [0, 0.05) is 5.69 Å². The first-order valence-electron chi connectivity index (χ1n) is 11.5. The van der Waals surface area contributed by atoms with Crippen molar-refractivity contribution >= 4 is 5.97 Å². The molecular formula is C26H29FN2O5. The highest BCUT2D eigenvalue weighted by atomic mass is 19.1. The minimum atomic E-state index is -0.671.